The molecule has 0 bridgehead atoms. The predicted molar refractivity (Wildman–Crippen MR) is 76.4 cm³/mol. The van der Waals surface area contributed by atoms with E-state index in [-0.39, 0.29) is 19.1 Å². The molecule has 0 saturated carbocycles. The Hall–Kier alpha value is -1.43. The number of likely N-dealkylation sites (tertiary alicyclic amines) is 1. The van der Waals surface area contributed by atoms with E-state index in [9.17, 15) is 4.79 Å². The SMILES string of the molecule is O=C(NC(CO)CO)c1ccccc1CN1CCCC1. The fourth-order valence-electron chi connectivity index (χ4n) is 2.47. The van der Waals surface area contributed by atoms with Crippen molar-refractivity contribution in [1.29, 1.82) is 0 Å². The third-order valence-corrected chi connectivity index (χ3v) is 3.63. The van der Waals surface area contributed by atoms with Crippen LogP contribution in [0.15, 0.2) is 24.3 Å². The number of carbonyl (C=O) groups excluding carboxylic acids is 1. The molecule has 5 nitrogen and oxygen atoms in total. The first kappa shape index (κ1) is 15.0. The summed E-state index contributed by atoms with van der Waals surface area (Å²) in [6, 6.07) is 6.89. The highest BCUT2D eigenvalue weighted by Gasteiger charge is 2.18. The fourth-order valence-corrected chi connectivity index (χ4v) is 2.47. The van der Waals surface area contributed by atoms with Gasteiger partial charge in [0.05, 0.1) is 19.3 Å². The number of hydrogen-bond donors (Lipinski definition) is 3. The summed E-state index contributed by atoms with van der Waals surface area (Å²) in [5.41, 5.74) is 1.60. The molecule has 5 heteroatoms. The van der Waals surface area contributed by atoms with Gasteiger partial charge in [-0.2, -0.15) is 0 Å². The lowest BCUT2D eigenvalue weighted by Crippen LogP contribution is -2.40. The molecule has 1 aromatic carbocycles. The van der Waals surface area contributed by atoms with Crippen LogP contribution in [0.4, 0.5) is 0 Å². The van der Waals surface area contributed by atoms with E-state index in [0.29, 0.717) is 5.56 Å². The Labute approximate surface area is 119 Å². The van der Waals surface area contributed by atoms with Crippen LogP contribution in [0, 0.1) is 0 Å². The Bertz CT molecular complexity index is 440. The maximum Gasteiger partial charge on any atom is 0.251 e. The average molecular weight is 278 g/mol. The molecule has 1 aromatic rings. The predicted octanol–water partition coefficient (Wildman–Crippen LogP) is 0.365. The standard InChI is InChI=1S/C15H22N2O3/c18-10-13(11-19)16-15(20)14-6-2-1-5-12(14)9-17-7-3-4-8-17/h1-2,5-6,13,18-19H,3-4,7-11H2,(H,16,20). The van der Waals surface area contributed by atoms with Crippen molar-refractivity contribution in [3.63, 3.8) is 0 Å². The number of amides is 1. The number of nitrogens with zero attached hydrogens (tertiary/aromatic N) is 1. The van der Waals surface area contributed by atoms with Gasteiger partial charge >= 0.3 is 0 Å². The summed E-state index contributed by atoms with van der Waals surface area (Å²) in [7, 11) is 0. The average Bonchev–Trinajstić information content (AvgIpc) is 2.98. The van der Waals surface area contributed by atoms with Gasteiger partial charge in [-0.1, -0.05) is 18.2 Å². The normalized spacial score (nSPS) is 15.8. The topological polar surface area (TPSA) is 72.8 Å². The van der Waals surface area contributed by atoms with E-state index in [1.165, 1.54) is 12.8 Å². The van der Waals surface area contributed by atoms with Crippen molar-refractivity contribution in [2.24, 2.45) is 0 Å². The molecule has 0 unspecified atom stereocenters. The quantitative estimate of drug-likeness (QED) is 0.703. The van der Waals surface area contributed by atoms with Crippen molar-refractivity contribution in [3.8, 4) is 0 Å². The molecule has 20 heavy (non-hydrogen) atoms. The fraction of sp³-hybridized carbons (Fsp3) is 0.533. The van der Waals surface area contributed by atoms with Crippen LogP contribution < -0.4 is 5.32 Å². The second-order valence-corrected chi connectivity index (χ2v) is 5.18. The van der Waals surface area contributed by atoms with Crippen molar-refractivity contribution < 1.29 is 15.0 Å². The van der Waals surface area contributed by atoms with E-state index in [1.807, 2.05) is 18.2 Å². The molecule has 1 amide bonds. The first-order chi connectivity index (χ1) is 9.74. The third-order valence-electron chi connectivity index (χ3n) is 3.63. The molecular formula is C15H22N2O3. The van der Waals surface area contributed by atoms with Gasteiger partial charge < -0.3 is 15.5 Å². The van der Waals surface area contributed by atoms with Gasteiger partial charge in [-0.15, -0.1) is 0 Å². The van der Waals surface area contributed by atoms with Gasteiger partial charge in [-0.05, 0) is 37.6 Å². The molecule has 1 aliphatic rings. The van der Waals surface area contributed by atoms with Crippen LogP contribution in [0.2, 0.25) is 0 Å². The lowest BCUT2D eigenvalue weighted by molar-refractivity contribution is 0.0877. The second kappa shape index (κ2) is 7.38. The molecule has 1 heterocycles. The zero-order valence-electron chi connectivity index (χ0n) is 11.6. The van der Waals surface area contributed by atoms with E-state index >= 15 is 0 Å². The largest absolute Gasteiger partial charge is 0.394 e. The van der Waals surface area contributed by atoms with Crippen molar-refractivity contribution in [3.05, 3.63) is 35.4 Å². The number of carbonyl (C=O) groups is 1. The van der Waals surface area contributed by atoms with Crippen LogP contribution in [0.5, 0.6) is 0 Å². The maximum atomic E-state index is 12.2. The summed E-state index contributed by atoms with van der Waals surface area (Å²) >= 11 is 0. The van der Waals surface area contributed by atoms with Gasteiger partial charge in [0.25, 0.3) is 5.91 Å². The zero-order chi connectivity index (χ0) is 14.4. The molecule has 2 rings (SSSR count). The lowest BCUT2D eigenvalue weighted by Gasteiger charge is -2.19. The number of benzene rings is 1. The minimum atomic E-state index is -0.609. The van der Waals surface area contributed by atoms with Gasteiger partial charge in [0.1, 0.15) is 0 Å². The molecule has 1 fully saturated rings. The van der Waals surface area contributed by atoms with Gasteiger partial charge in [0, 0.05) is 12.1 Å². The molecule has 0 radical (unpaired) electrons. The Morgan fingerprint density at radius 3 is 2.50 bits per heavy atom. The molecule has 0 aromatic heterocycles. The van der Waals surface area contributed by atoms with Gasteiger partial charge in [0.15, 0.2) is 0 Å². The Morgan fingerprint density at radius 2 is 1.85 bits per heavy atom. The highest BCUT2D eigenvalue weighted by atomic mass is 16.3. The number of rotatable bonds is 6. The molecule has 0 aliphatic carbocycles. The van der Waals surface area contributed by atoms with Crippen molar-refractivity contribution in [2.75, 3.05) is 26.3 Å². The lowest BCUT2D eigenvalue weighted by atomic mass is 10.1. The summed E-state index contributed by atoms with van der Waals surface area (Å²) < 4.78 is 0. The van der Waals surface area contributed by atoms with Crippen LogP contribution in [0.25, 0.3) is 0 Å². The van der Waals surface area contributed by atoms with Crippen LogP contribution in [0.3, 0.4) is 0 Å². The molecule has 0 atom stereocenters. The Balaban J connectivity index is 2.07. The van der Waals surface area contributed by atoms with Crippen LogP contribution in [0.1, 0.15) is 28.8 Å². The minimum absolute atomic E-state index is 0.243. The van der Waals surface area contributed by atoms with E-state index in [0.717, 1.165) is 25.2 Å². The first-order valence-corrected chi connectivity index (χ1v) is 7.07. The van der Waals surface area contributed by atoms with Gasteiger partial charge in [-0.3, -0.25) is 9.69 Å². The number of aliphatic hydroxyl groups excluding tert-OH is 2. The van der Waals surface area contributed by atoms with Crippen molar-refractivity contribution in [2.45, 2.75) is 25.4 Å². The summed E-state index contributed by atoms with van der Waals surface area (Å²) in [6.07, 6.45) is 2.43. The molecule has 3 N–H and O–H groups in total. The Kier molecular flexibility index (Phi) is 5.52. The zero-order valence-corrected chi connectivity index (χ0v) is 11.6. The summed E-state index contributed by atoms with van der Waals surface area (Å²) in [6.45, 7) is 2.39. The third kappa shape index (κ3) is 3.79. The van der Waals surface area contributed by atoms with Gasteiger partial charge in [0.2, 0.25) is 0 Å². The smallest absolute Gasteiger partial charge is 0.251 e. The summed E-state index contributed by atoms with van der Waals surface area (Å²) in [5, 5.41) is 20.7. The van der Waals surface area contributed by atoms with Crippen LogP contribution >= 0.6 is 0 Å². The molecule has 1 saturated heterocycles. The highest BCUT2D eigenvalue weighted by Crippen LogP contribution is 2.16. The first-order valence-electron chi connectivity index (χ1n) is 7.07. The van der Waals surface area contributed by atoms with E-state index in [4.69, 9.17) is 10.2 Å². The van der Waals surface area contributed by atoms with E-state index in [1.54, 1.807) is 6.07 Å². The molecule has 0 spiro atoms. The van der Waals surface area contributed by atoms with Crippen molar-refractivity contribution >= 4 is 5.91 Å². The van der Waals surface area contributed by atoms with Crippen LogP contribution in [-0.2, 0) is 6.54 Å². The number of aliphatic hydroxyl groups is 2. The number of nitrogens with one attached hydrogen (secondary N) is 1. The monoisotopic (exact) mass is 278 g/mol. The Morgan fingerprint density at radius 1 is 1.20 bits per heavy atom. The minimum Gasteiger partial charge on any atom is -0.394 e. The maximum absolute atomic E-state index is 12.2. The van der Waals surface area contributed by atoms with Crippen molar-refractivity contribution in [1.82, 2.24) is 10.2 Å². The second-order valence-electron chi connectivity index (χ2n) is 5.18. The summed E-state index contributed by atoms with van der Waals surface area (Å²) in [5.74, 6) is -0.243. The highest BCUT2D eigenvalue weighted by molar-refractivity contribution is 5.95. The van der Waals surface area contributed by atoms with Gasteiger partial charge in [-0.25, -0.2) is 0 Å². The molecule has 110 valence electrons. The van der Waals surface area contributed by atoms with E-state index < -0.39 is 6.04 Å². The summed E-state index contributed by atoms with van der Waals surface area (Å²) in [4.78, 5) is 14.6. The van der Waals surface area contributed by atoms with Crippen LogP contribution in [-0.4, -0.2) is 53.4 Å². The van der Waals surface area contributed by atoms with E-state index in [2.05, 4.69) is 10.2 Å². The number of hydrogen-bond acceptors (Lipinski definition) is 4. The molecule has 1 aliphatic heterocycles. The molecular weight excluding hydrogens is 256 g/mol.